The number of hydrogen-bond donors (Lipinski definition) is 0. The van der Waals surface area contributed by atoms with Crippen LogP contribution in [0.3, 0.4) is 0 Å². The molecular formula is C22H22F3NO2. The van der Waals surface area contributed by atoms with Crippen LogP contribution in [0.1, 0.15) is 16.7 Å². The molecule has 0 amide bonds. The number of fused-ring (bicyclic) bond motifs is 1. The number of ether oxygens (including phenoxy) is 2. The van der Waals surface area contributed by atoms with E-state index in [-0.39, 0.29) is 0 Å². The maximum Gasteiger partial charge on any atom is 0.416 e. The summed E-state index contributed by atoms with van der Waals surface area (Å²) in [4.78, 5) is 2.15. The van der Waals surface area contributed by atoms with E-state index >= 15 is 0 Å². The molecule has 3 rings (SSSR count). The van der Waals surface area contributed by atoms with Gasteiger partial charge in [-0.25, -0.2) is 0 Å². The molecule has 0 spiro atoms. The highest BCUT2D eigenvalue weighted by atomic mass is 19.4. The second kappa shape index (κ2) is 8.97. The third kappa shape index (κ3) is 5.63. The zero-order chi connectivity index (χ0) is 20.0. The van der Waals surface area contributed by atoms with Crippen molar-refractivity contribution >= 4 is 6.08 Å². The number of alkyl halides is 3. The van der Waals surface area contributed by atoms with Gasteiger partial charge in [-0.15, -0.1) is 0 Å². The highest BCUT2D eigenvalue weighted by Crippen LogP contribution is 2.31. The lowest BCUT2D eigenvalue weighted by molar-refractivity contribution is -0.137. The predicted octanol–water partition coefficient (Wildman–Crippen LogP) is 5.18. The average Bonchev–Trinajstić information content (AvgIpc) is 2.67. The van der Waals surface area contributed by atoms with Gasteiger partial charge >= 0.3 is 6.18 Å². The van der Waals surface area contributed by atoms with E-state index in [1.165, 1.54) is 12.1 Å². The van der Waals surface area contributed by atoms with Gasteiger partial charge in [0, 0.05) is 13.1 Å². The fraction of sp³-hybridized carbons (Fsp3) is 0.273. The van der Waals surface area contributed by atoms with E-state index in [1.807, 2.05) is 43.5 Å². The minimum atomic E-state index is -4.30. The van der Waals surface area contributed by atoms with E-state index in [1.54, 1.807) is 6.08 Å². The van der Waals surface area contributed by atoms with Crippen LogP contribution in [-0.2, 0) is 12.7 Å². The summed E-state index contributed by atoms with van der Waals surface area (Å²) in [5.41, 5.74) is 1.23. The maximum absolute atomic E-state index is 12.5. The Morgan fingerprint density at radius 2 is 1.68 bits per heavy atom. The normalized spacial score (nSPS) is 14.3. The fourth-order valence-corrected chi connectivity index (χ4v) is 2.83. The quantitative estimate of drug-likeness (QED) is 0.636. The Hall–Kier alpha value is -2.73. The van der Waals surface area contributed by atoms with Gasteiger partial charge in [0.25, 0.3) is 0 Å². The Labute approximate surface area is 162 Å². The van der Waals surface area contributed by atoms with E-state index in [4.69, 9.17) is 9.47 Å². The van der Waals surface area contributed by atoms with Crippen LogP contribution in [0.4, 0.5) is 13.2 Å². The molecule has 2 aromatic carbocycles. The van der Waals surface area contributed by atoms with Crippen LogP contribution >= 0.6 is 0 Å². The fourth-order valence-electron chi connectivity index (χ4n) is 2.83. The molecule has 0 aliphatic carbocycles. The SMILES string of the molecule is CN(C/C=C/C=C/c1ccc(C(F)(F)F)cc1)Cc1ccc2c(c1)OCCO2. The Kier molecular flexibility index (Phi) is 6.41. The summed E-state index contributed by atoms with van der Waals surface area (Å²) >= 11 is 0. The standard InChI is InChI=1S/C22H22F3NO2/c1-26(16-18-8-11-20-21(15-18)28-14-13-27-20)12-4-2-3-5-17-6-9-19(10-7-17)22(23,24)25/h2-11,15H,12-14,16H2,1H3/b4-2+,5-3+. The Morgan fingerprint density at radius 3 is 2.39 bits per heavy atom. The monoisotopic (exact) mass is 389 g/mol. The average molecular weight is 389 g/mol. The smallest absolute Gasteiger partial charge is 0.416 e. The van der Waals surface area contributed by atoms with Crippen LogP contribution in [-0.4, -0.2) is 31.7 Å². The number of halogens is 3. The first kappa shape index (κ1) is 20.0. The molecule has 6 heteroatoms. The van der Waals surface area contributed by atoms with Crippen LogP contribution in [0, 0.1) is 0 Å². The van der Waals surface area contributed by atoms with E-state index in [2.05, 4.69) is 4.90 Å². The van der Waals surface area contributed by atoms with Crippen molar-refractivity contribution < 1.29 is 22.6 Å². The second-order valence-electron chi connectivity index (χ2n) is 6.58. The van der Waals surface area contributed by atoms with Crippen molar-refractivity contribution in [1.29, 1.82) is 0 Å². The zero-order valence-electron chi connectivity index (χ0n) is 15.6. The van der Waals surface area contributed by atoms with Gasteiger partial charge in [0.2, 0.25) is 0 Å². The lowest BCUT2D eigenvalue weighted by atomic mass is 10.1. The summed E-state index contributed by atoms with van der Waals surface area (Å²) in [6.45, 7) is 2.66. The van der Waals surface area contributed by atoms with E-state index < -0.39 is 11.7 Å². The van der Waals surface area contributed by atoms with E-state index in [9.17, 15) is 13.2 Å². The van der Waals surface area contributed by atoms with Crippen molar-refractivity contribution in [3.05, 3.63) is 77.4 Å². The molecule has 0 unspecified atom stereocenters. The lowest BCUT2D eigenvalue weighted by Gasteiger charge is -2.20. The molecule has 148 valence electrons. The molecule has 3 nitrogen and oxygen atoms in total. The third-order valence-electron chi connectivity index (χ3n) is 4.25. The molecule has 0 saturated heterocycles. The van der Waals surface area contributed by atoms with Gasteiger partial charge < -0.3 is 9.47 Å². The summed E-state index contributed by atoms with van der Waals surface area (Å²) in [5, 5.41) is 0. The third-order valence-corrected chi connectivity index (χ3v) is 4.25. The van der Waals surface area contributed by atoms with Crippen LogP contribution in [0.15, 0.2) is 60.7 Å². The molecule has 0 saturated carbocycles. The number of nitrogens with zero attached hydrogens (tertiary/aromatic N) is 1. The van der Waals surface area contributed by atoms with Crippen LogP contribution < -0.4 is 9.47 Å². The molecule has 0 atom stereocenters. The molecular weight excluding hydrogens is 367 g/mol. The summed E-state index contributed by atoms with van der Waals surface area (Å²) in [7, 11) is 2.01. The Morgan fingerprint density at radius 1 is 0.964 bits per heavy atom. The molecule has 0 radical (unpaired) electrons. The maximum atomic E-state index is 12.5. The Balaban J connectivity index is 1.47. The summed E-state index contributed by atoms with van der Waals surface area (Å²) in [6.07, 6.45) is 3.18. The van der Waals surface area contributed by atoms with Gasteiger partial charge in [0.15, 0.2) is 11.5 Å². The van der Waals surface area contributed by atoms with Crippen LogP contribution in [0.25, 0.3) is 6.08 Å². The van der Waals surface area contributed by atoms with Crippen molar-refractivity contribution in [2.24, 2.45) is 0 Å². The van der Waals surface area contributed by atoms with Gasteiger partial charge in [-0.2, -0.15) is 13.2 Å². The zero-order valence-corrected chi connectivity index (χ0v) is 15.6. The van der Waals surface area contributed by atoms with Crippen LogP contribution in [0.5, 0.6) is 11.5 Å². The molecule has 1 aliphatic heterocycles. The molecule has 1 aliphatic rings. The largest absolute Gasteiger partial charge is 0.486 e. The van der Waals surface area contributed by atoms with Crippen molar-refractivity contribution in [1.82, 2.24) is 4.90 Å². The number of likely N-dealkylation sites (N-methyl/N-ethyl adjacent to an activating group) is 1. The second-order valence-corrected chi connectivity index (χ2v) is 6.58. The number of rotatable bonds is 6. The number of allylic oxidation sites excluding steroid dienone is 2. The molecule has 1 heterocycles. The van der Waals surface area contributed by atoms with Crippen molar-refractivity contribution in [3.8, 4) is 11.5 Å². The minimum absolute atomic E-state index is 0.570. The van der Waals surface area contributed by atoms with Crippen molar-refractivity contribution in [2.45, 2.75) is 12.7 Å². The van der Waals surface area contributed by atoms with Gasteiger partial charge in [-0.1, -0.05) is 42.5 Å². The van der Waals surface area contributed by atoms with Crippen molar-refractivity contribution in [3.63, 3.8) is 0 Å². The lowest BCUT2D eigenvalue weighted by Crippen LogP contribution is -2.19. The van der Waals surface area contributed by atoms with Gasteiger partial charge in [0.05, 0.1) is 5.56 Å². The Bertz CT molecular complexity index is 842. The van der Waals surface area contributed by atoms with Gasteiger partial charge in [0.1, 0.15) is 13.2 Å². The first-order chi connectivity index (χ1) is 13.4. The molecule has 0 bridgehead atoms. The van der Waals surface area contributed by atoms with E-state index in [0.717, 1.165) is 47.8 Å². The molecule has 0 N–H and O–H groups in total. The number of benzene rings is 2. The summed E-state index contributed by atoms with van der Waals surface area (Å²) in [5.74, 6) is 1.57. The minimum Gasteiger partial charge on any atom is -0.486 e. The predicted molar refractivity (Wildman–Crippen MR) is 103 cm³/mol. The topological polar surface area (TPSA) is 21.7 Å². The first-order valence-electron chi connectivity index (χ1n) is 8.99. The summed E-state index contributed by atoms with van der Waals surface area (Å²) in [6, 6.07) is 11.1. The van der Waals surface area contributed by atoms with Crippen LogP contribution in [0.2, 0.25) is 0 Å². The van der Waals surface area contributed by atoms with Gasteiger partial charge in [-0.05, 0) is 42.4 Å². The summed E-state index contributed by atoms with van der Waals surface area (Å²) < 4.78 is 48.7. The van der Waals surface area contributed by atoms with E-state index in [0.29, 0.717) is 13.2 Å². The van der Waals surface area contributed by atoms with Gasteiger partial charge in [-0.3, -0.25) is 4.90 Å². The number of hydrogen-bond acceptors (Lipinski definition) is 3. The first-order valence-corrected chi connectivity index (χ1v) is 8.99. The molecule has 28 heavy (non-hydrogen) atoms. The highest BCUT2D eigenvalue weighted by molar-refractivity contribution is 5.51. The molecule has 2 aromatic rings. The molecule has 0 fully saturated rings. The highest BCUT2D eigenvalue weighted by Gasteiger charge is 2.29. The van der Waals surface area contributed by atoms with Crippen molar-refractivity contribution in [2.75, 3.05) is 26.8 Å². The molecule has 0 aromatic heterocycles.